The van der Waals surface area contributed by atoms with Crippen LogP contribution in [0.2, 0.25) is 5.02 Å². The monoisotopic (exact) mass is 275 g/mol. The topological polar surface area (TPSA) is 43.8 Å². The molecule has 0 spiro atoms. The Hall–Kier alpha value is -1.22. The Morgan fingerprint density at radius 1 is 1.26 bits per heavy atom. The van der Waals surface area contributed by atoms with Gasteiger partial charge in [0, 0.05) is 11.6 Å². The van der Waals surface area contributed by atoms with Crippen LogP contribution in [0.5, 0.6) is 0 Å². The first-order valence-electron chi connectivity index (χ1n) is 7.13. The first-order chi connectivity index (χ1) is 9.22. The lowest BCUT2D eigenvalue weighted by molar-refractivity contribution is 0.355. The smallest absolute Gasteiger partial charge is 0.201 e. The number of anilines is 1. The zero-order valence-corrected chi connectivity index (χ0v) is 11.6. The third-order valence-corrected chi connectivity index (χ3v) is 4.82. The fraction of sp³-hybridized carbons (Fsp3) is 0.533. The van der Waals surface area contributed by atoms with E-state index < -0.39 is 0 Å². The third-order valence-electron chi connectivity index (χ3n) is 4.59. The molecule has 0 saturated heterocycles. The highest BCUT2D eigenvalue weighted by molar-refractivity contribution is 6.31. The molecule has 0 amide bonds. The number of nitrogen functional groups attached to an aromatic ring is 1. The van der Waals surface area contributed by atoms with Gasteiger partial charge in [0.25, 0.3) is 0 Å². The number of nitrogens with two attached hydrogens (primary N) is 1. The summed E-state index contributed by atoms with van der Waals surface area (Å²) in [5, 5.41) is 0.753. The first-order valence-corrected chi connectivity index (χ1v) is 7.51. The van der Waals surface area contributed by atoms with Crippen molar-refractivity contribution in [1.82, 2.24) is 9.55 Å². The number of nitrogens with zero attached hydrogens (tertiary/aromatic N) is 2. The molecular weight excluding hydrogens is 258 g/mol. The SMILES string of the molecule is Nc1nc2ccc(Cl)cc2n1CC(C1CC1)C1CC1. The molecule has 2 aliphatic rings. The molecule has 1 aromatic carbocycles. The molecule has 2 fully saturated rings. The van der Waals surface area contributed by atoms with Crippen molar-refractivity contribution in [1.29, 1.82) is 0 Å². The second-order valence-electron chi connectivity index (χ2n) is 6.05. The van der Waals surface area contributed by atoms with Crippen LogP contribution in [-0.2, 0) is 6.54 Å². The summed E-state index contributed by atoms with van der Waals surface area (Å²) in [6.07, 6.45) is 5.59. The fourth-order valence-corrected chi connectivity index (χ4v) is 3.42. The average Bonchev–Trinajstić information content (AvgIpc) is 3.25. The predicted octanol–water partition coefficient (Wildman–Crippen LogP) is 3.71. The second-order valence-corrected chi connectivity index (χ2v) is 6.49. The molecule has 0 unspecified atom stereocenters. The van der Waals surface area contributed by atoms with Gasteiger partial charge >= 0.3 is 0 Å². The van der Waals surface area contributed by atoms with Crippen LogP contribution in [0.1, 0.15) is 25.7 Å². The zero-order valence-electron chi connectivity index (χ0n) is 10.8. The van der Waals surface area contributed by atoms with E-state index in [0.717, 1.165) is 40.4 Å². The maximum absolute atomic E-state index is 6.10. The number of halogens is 1. The lowest BCUT2D eigenvalue weighted by Crippen LogP contribution is -2.16. The highest BCUT2D eigenvalue weighted by Gasteiger charge is 2.41. The minimum atomic E-state index is 0.628. The summed E-state index contributed by atoms with van der Waals surface area (Å²) in [6.45, 7) is 1.01. The summed E-state index contributed by atoms with van der Waals surface area (Å²) >= 11 is 6.10. The molecule has 2 aromatic rings. The van der Waals surface area contributed by atoms with E-state index in [0.29, 0.717) is 5.95 Å². The summed E-state index contributed by atoms with van der Waals surface area (Å²) < 4.78 is 2.17. The van der Waals surface area contributed by atoms with Gasteiger partial charge in [-0.2, -0.15) is 0 Å². The largest absolute Gasteiger partial charge is 0.369 e. The number of benzene rings is 1. The van der Waals surface area contributed by atoms with Crippen LogP contribution in [-0.4, -0.2) is 9.55 Å². The van der Waals surface area contributed by atoms with Crippen molar-refractivity contribution >= 4 is 28.6 Å². The molecule has 19 heavy (non-hydrogen) atoms. The van der Waals surface area contributed by atoms with Gasteiger partial charge in [0.15, 0.2) is 0 Å². The molecule has 100 valence electrons. The molecule has 3 nitrogen and oxygen atoms in total. The van der Waals surface area contributed by atoms with Gasteiger partial charge in [-0.15, -0.1) is 0 Å². The fourth-order valence-electron chi connectivity index (χ4n) is 3.25. The summed E-state index contributed by atoms with van der Waals surface area (Å²) in [4.78, 5) is 4.45. The second kappa shape index (κ2) is 4.14. The van der Waals surface area contributed by atoms with E-state index in [1.54, 1.807) is 0 Å². The van der Waals surface area contributed by atoms with Gasteiger partial charge in [0.1, 0.15) is 0 Å². The molecule has 2 N–H and O–H groups in total. The lowest BCUT2D eigenvalue weighted by Gasteiger charge is -2.17. The first kappa shape index (κ1) is 11.6. The Morgan fingerprint density at radius 2 is 1.95 bits per heavy atom. The Labute approximate surface area is 117 Å². The van der Waals surface area contributed by atoms with Gasteiger partial charge in [0.05, 0.1) is 11.0 Å². The van der Waals surface area contributed by atoms with Crippen molar-refractivity contribution in [3.63, 3.8) is 0 Å². The van der Waals surface area contributed by atoms with Gasteiger partial charge in [-0.05, 0) is 61.6 Å². The maximum atomic E-state index is 6.10. The van der Waals surface area contributed by atoms with Crippen molar-refractivity contribution in [2.75, 3.05) is 5.73 Å². The maximum Gasteiger partial charge on any atom is 0.201 e. The lowest BCUT2D eigenvalue weighted by atomic mass is 9.98. The molecule has 0 atom stereocenters. The van der Waals surface area contributed by atoms with Crippen molar-refractivity contribution in [3.8, 4) is 0 Å². The van der Waals surface area contributed by atoms with Crippen LogP contribution in [0.4, 0.5) is 5.95 Å². The van der Waals surface area contributed by atoms with E-state index in [1.807, 2.05) is 18.2 Å². The standard InChI is InChI=1S/C15H18ClN3/c16-11-5-6-13-14(7-11)19(15(17)18-13)8-12(9-1-2-9)10-3-4-10/h5-7,9-10,12H,1-4,8H2,(H2,17,18). The Morgan fingerprint density at radius 3 is 2.58 bits per heavy atom. The number of hydrogen-bond donors (Lipinski definition) is 1. The summed E-state index contributed by atoms with van der Waals surface area (Å²) in [5.41, 5.74) is 8.13. The van der Waals surface area contributed by atoms with Crippen molar-refractivity contribution in [2.24, 2.45) is 17.8 Å². The van der Waals surface area contributed by atoms with Crippen LogP contribution in [0.15, 0.2) is 18.2 Å². The van der Waals surface area contributed by atoms with E-state index in [9.17, 15) is 0 Å². The van der Waals surface area contributed by atoms with E-state index in [1.165, 1.54) is 25.7 Å². The number of rotatable bonds is 4. The molecule has 4 rings (SSSR count). The van der Waals surface area contributed by atoms with Gasteiger partial charge in [-0.3, -0.25) is 0 Å². The van der Waals surface area contributed by atoms with Gasteiger partial charge in [-0.25, -0.2) is 4.98 Å². The van der Waals surface area contributed by atoms with E-state index in [2.05, 4.69) is 9.55 Å². The Kier molecular flexibility index (Phi) is 2.52. The van der Waals surface area contributed by atoms with Gasteiger partial charge in [0.2, 0.25) is 5.95 Å². The van der Waals surface area contributed by atoms with Crippen molar-refractivity contribution in [3.05, 3.63) is 23.2 Å². The van der Waals surface area contributed by atoms with E-state index in [-0.39, 0.29) is 0 Å². The number of fused-ring (bicyclic) bond motifs is 1. The molecule has 0 bridgehead atoms. The summed E-state index contributed by atoms with van der Waals surface area (Å²) in [6, 6.07) is 5.81. The molecule has 4 heteroatoms. The van der Waals surface area contributed by atoms with E-state index >= 15 is 0 Å². The highest BCUT2D eigenvalue weighted by Crippen LogP contribution is 2.50. The molecule has 0 aliphatic heterocycles. The average molecular weight is 276 g/mol. The number of imidazole rings is 1. The van der Waals surface area contributed by atoms with Crippen LogP contribution >= 0.6 is 11.6 Å². The molecule has 2 saturated carbocycles. The van der Waals surface area contributed by atoms with Crippen LogP contribution in [0, 0.1) is 17.8 Å². The number of hydrogen-bond acceptors (Lipinski definition) is 2. The minimum Gasteiger partial charge on any atom is -0.369 e. The van der Waals surface area contributed by atoms with Crippen LogP contribution < -0.4 is 5.73 Å². The Bertz CT molecular complexity index is 614. The molecular formula is C15H18ClN3. The quantitative estimate of drug-likeness (QED) is 0.924. The molecule has 0 radical (unpaired) electrons. The van der Waals surface area contributed by atoms with Gasteiger partial charge in [-0.1, -0.05) is 11.6 Å². The third kappa shape index (κ3) is 2.10. The van der Waals surface area contributed by atoms with E-state index in [4.69, 9.17) is 17.3 Å². The van der Waals surface area contributed by atoms with Gasteiger partial charge < -0.3 is 10.3 Å². The molecule has 2 aliphatic carbocycles. The Balaban J connectivity index is 1.72. The predicted molar refractivity (Wildman–Crippen MR) is 78.1 cm³/mol. The van der Waals surface area contributed by atoms with Crippen LogP contribution in [0.25, 0.3) is 11.0 Å². The molecule has 1 heterocycles. The number of aromatic nitrogens is 2. The normalized spacial score (nSPS) is 19.5. The molecule has 1 aromatic heterocycles. The minimum absolute atomic E-state index is 0.628. The van der Waals surface area contributed by atoms with Crippen molar-refractivity contribution in [2.45, 2.75) is 32.2 Å². The summed E-state index contributed by atoms with van der Waals surface area (Å²) in [7, 11) is 0. The highest BCUT2D eigenvalue weighted by atomic mass is 35.5. The zero-order chi connectivity index (χ0) is 13.0. The van der Waals surface area contributed by atoms with Crippen LogP contribution in [0.3, 0.4) is 0 Å². The summed E-state index contributed by atoms with van der Waals surface area (Å²) in [5.74, 6) is 3.26. The van der Waals surface area contributed by atoms with Crippen molar-refractivity contribution < 1.29 is 0 Å².